The van der Waals surface area contributed by atoms with Crippen LogP contribution in [-0.2, 0) is 6.54 Å². The molecular formula is C13H23N3O2. The molecule has 0 fully saturated rings. The average Bonchev–Trinajstić information content (AvgIpc) is 2.30. The van der Waals surface area contributed by atoms with Crippen molar-refractivity contribution in [3.8, 4) is 0 Å². The number of nitrogens with zero attached hydrogens (tertiary/aromatic N) is 2. The van der Waals surface area contributed by atoms with Crippen molar-refractivity contribution in [1.29, 1.82) is 0 Å². The fourth-order valence-corrected chi connectivity index (χ4v) is 1.74. The lowest BCUT2D eigenvalue weighted by atomic mass is 10.2. The molecule has 102 valence electrons. The minimum atomic E-state index is -0.0668. The Morgan fingerprint density at radius 1 is 1.33 bits per heavy atom. The summed E-state index contributed by atoms with van der Waals surface area (Å²) in [4.78, 5) is 11.8. The van der Waals surface area contributed by atoms with Gasteiger partial charge in [0.05, 0.1) is 11.9 Å². The Labute approximate surface area is 108 Å². The molecule has 1 heterocycles. The van der Waals surface area contributed by atoms with Crippen molar-refractivity contribution in [2.75, 3.05) is 11.9 Å². The van der Waals surface area contributed by atoms with E-state index in [1.807, 2.05) is 13.8 Å². The second kappa shape index (κ2) is 7.87. The number of hydrogen-bond acceptors (Lipinski definition) is 4. The number of nitrogens with one attached hydrogen (secondary N) is 1. The lowest BCUT2D eigenvalue weighted by molar-refractivity contribution is 0.282. The van der Waals surface area contributed by atoms with E-state index in [1.165, 1.54) is 4.68 Å². The standard InChI is InChI=1S/C13H23N3O2/c1-11(2)15-12-9-13(18)16(14-10-12)7-5-3-4-6-8-17/h9-11,15,17H,3-8H2,1-2H3. The Morgan fingerprint density at radius 3 is 2.67 bits per heavy atom. The first-order valence-corrected chi connectivity index (χ1v) is 6.58. The van der Waals surface area contributed by atoms with Crippen molar-refractivity contribution >= 4 is 5.69 Å². The van der Waals surface area contributed by atoms with Crippen molar-refractivity contribution in [3.63, 3.8) is 0 Å². The van der Waals surface area contributed by atoms with Crippen molar-refractivity contribution in [2.24, 2.45) is 0 Å². The van der Waals surface area contributed by atoms with Gasteiger partial charge in [0.2, 0.25) is 0 Å². The molecule has 0 aliphatic rings. The molecule has 0 amide bonds. The van der Waals surface area contributed by atoms with Gasteiger partial charge in [0.1, 0.15) is 0 Å². The lowest BCUT2D eigenvalue weighted by Gasteiger charge is -2.10. The predicted octanol–water partition coefficient (Wildman–Crippen LogP) is 1.62. The SMILES string of the molecule is CC(C)Nc1cnn(CCCCCCO)c(=O)c1. The Hall–Kier alpha value is -1.36. The zero-order chi connectivity index (χ0) is 13.4. The smallest absolute Gasteiger partial charge is 0.268 e. The van der Waals surface area contributed by atoms with Crippen molar-refractivity contribution in [1.82, 2.24) is 9.78 Å². The summed E-state index contributed by atoms with van der Waals surface area (Å²) in [5.74, 6) is 0. The quantitative estimate of drug-likeness (QED) is 0.691. The second-order valence-electron chi connectivity index (χ2n) is 4.74. The van der Waals surface area contributed by atoms with Crippen LogP contribution in [0.25, 0.3) is 0 Å². The molecule has 5 nitrogen and oxygen atoms in total. The summed E-state index contributed by atoms with van der Waals surface area (Å²) >= 11 is 0. The minimum Gasteiger partial charge on any atom is -0.396 e. The average molecular weight is 253 g/mol. The molecule has 1 rings (SSSR count). The van der Waals surface area contributed by atoms with E-state index in [9.17, 15) is 4.79 Å². The van der Waals surface area contributed by atoms with Crippen LogP contribution in [0.15, 0.2) is 17.1 Å². The molecule has 0 radical (unpaired) electrons. The minimum absolute atomic E-state index is 0.0668. The third kappa shape index (κ3) is 5.31. The molecule has 0 bridgehead atoms. The van der Waals surface area contributed by atoms with E-state index in [4.69, 9.17) is 5.11 Å². The number of unbranched alkanes of at least 4 members (excludes halogenated alkanes) is 3. The number of aliphatic hydroxyl groups excluding tert-OH is 1. The first kappa shape index (κ1) is 14.7. The third-order valence-electron chi connectivity index (χ3n) is 2.60. The Morgan fingerprint density at radius 2 is 2.06 bits per heavy atom. The molecule has 0 aliphatic carbocycles. The van der Waals surface area contributed by atoms with E-state index >= 15 is 0 Å². The molecule has 18 heavy (non-hydrogen) atoms. The largest absolute Gasteiger partial charge is 0.396 e. The van der Waals surface area contributed by atoms with E-state index in [-0.39, 0.29) is 12.2 Å². The van der Waals surface area contributed by atoms with Crippen LogP contribution >= 0.6 is 0 Å². The van der Waals surface area contributed by atoms with Crippen LogP contribution in [0.1, 0.15) is 39.5 Å². The van der Waals surface area contributed by atoms with Crippen LogP contribution in [0.2, 0.25) is 0 Å². The van der Waals surface area contributed by atoms with Crippen LogP contribution in [0.4, 0.5) is 5.69 Å². The van der Waals surface area contributed by atoms with Gasteiger partial charge in [-0.25, -0.2) is 4.68 Å². The highest BCUT2D eigenvalue weighted by Crippen LogP contribution is 2.03. The van der Waals surface area contributed by atoms with E-state index in [2.05, 4.69) is 10.4 Å². The Kier molecular flexibility index (Phi) is 6.43. The summed E-state index contributed by atoms with van der Waals surface area (Å²) in [5, 5.41) is 15.9. The predicted molar refractivity (Wildman–Crippen MR) is 72.8 cm³/mol. The molecule has 0 saturated heterocycles. The molecule has 0 aliphatic heterocycles. The van der Waals surface area contributed by atoms with Gasteiger partial charge in [0.25, 0.3) is 5.56 Å². The van der Waals surface area contributed by atoms with Gasteiger partial charge >= 0.3 is 0 Å². The highest BCUT2D eigenvalue weighted by atomic mass is 16.2. The summed E-state index contributed by atoms with van der Waals surface area (Å²) < 4.78 is 1.49. The molecule has 0 saturated carbocycles. The lowest BCUT2D eigenvalue weighted by Crippen LogP contribution is -2.23. The fourth-order valence-electron chi connectivity index (χ4n) is 1.74. The first-order valence-electron chi connectivity index (χ1n) is 6.58. The van der Waals surface area contributed by atoms with Gasteiger partial charge in [-0.3, -0.25) is 4.79 Å². The number of hydrogen-bond donors (Lipinski definition) is 2. The highest BCUT2D eigenvalue weighted by molar-refractivity contribution is 5.39. The number of anilines is 1. The van der Waals surface area contributed by atoms with Gasteiger partial charge in [-0.05, 0) is 26.7 Å². The molecule has 1 aromatic rings. The van der Waals surface area contributed by atoms with Crippen LogP contribution in [0.3, 0.4) is 0 Å². The maximum atomic E-state index is 11.8. The molecular weight excluding hydrogens is 230 g/mol. The van der Waals surface area contributed by atoms with Crippen LogP contribution in [0, 0.1) is 0 Å². The summed E-state index contributed by atoms with van der Waals surface area (Å²) in [6.07, 6.45) is 5.46. The molecule has 1 aromatic heterocycles. The normalized spacial score (nSPS) is 10.9. The van der Waals surface area contributed by atoms with E-state index in [0.29, 0.717) is 12.6 Å². The number of aliphatic hydroxyl groups is 1. The van der Waals surface area contributed by atoms with Crippen LogP contribution in [-0.4, -0.2) is 27.5 Å². The molecule has 0 spiro atoms. The van der Waals surface area contributed by atoms with Gasteiger partial charge in [0, 0.05) is 25.3 Å². The number of aromatic nitrogens is 2. The molecule has 2 N–H and O–H groups in total. The maximum Gasteiger partial charge on any atom is 0.268 e. The van der Waals surface area contributed by atoms with Crippen molar-refractivity contribution in [3.05, 3.63) is 22.6 Å². The molecule has 0 aromatic carbocycles. The number of rotatable bonds is 8. The summed E-state index contributed by atoms with van der Waals surface area (Å²) in [7, 11) is 0. The van der Waals surface area contributed by atoms with Crippen molar-refractivity contribution < 1.29 is 5.11 Å². The zero-order valence-electron chi connectivity index (χ0n) is 11.2. The topological polar surface area (TPSA) is 67.2 Å². The van der Waals surface area contributed by atoms with Gasteiger partial charge in [0.15, 0.2) is 0 Å². The maximum absolute atomic E-state index is 11.8. The van der Waals surface area contributed by atoms with E-state index < -0.39 is 0 Å². The fraction of sp³-hybridized carbons (Fsp3) is 0.692. The van der Waals surface area contributed by atoms with Crippen molar-refractivity contribution in [2.45, 2.75) is 52.1 Å². The highest BCUT2D eigenvalue weighted by Gasteiger charge is 2.01. The monoisotopic (exact) mass is 253 g/mol. The van der Waals surface area contributed by atoms with Crippen LogP contribution < -0.4 is 10.9 Å². The first-order chi connectivity index (χ1) is 8.63. The van der Waals surface area contributed by atoms with Gasteiger partial charge in [-0.2, -0.15) is 5.10 Å². The van der Waals surface area contributed by atoms with Gasteiger partial charge < -0.3 is 10.4 Å². The second-order valence-corrected chi connectivity index (χ2v) is 4.74. The molecule has 0 unspecified atom stereocenters. The van der Waals surface area contributed by atoms with Crippen LogP contribution in [0.5, 0.6) is 0 Å². The third-order valence-corrected chi connectivity index (χ3v) is 2.60. The summed E-state index contributed by atoms with van der Waals surface area (Å²) in [5.41, 5.74) is 0.703. The summed E-state index contributed by atoms with van der Waals surface area (Å²) in [6, 6.07) is 1.88. The molecule has 5 heteroatoms. The van der Waals surface area contributed by atoms with E-state index in [1.54, 1.807) is 12.3 Å². The number of aryl methyl sites for hydroxylation is 1. The Bertz CT molecular complexity index is 401. The van der Waals surface area contributed by atoms with Gasteiger partial charge in [-0.15, -0.1) is 0 Å². The van der Waals surface area contributed by atoms with E-state index in [0.717, 1.165) is 31.4 Å². The molecule has 0 atom stereocenters. The van der Waals surface area contributed by atoms with Gasteiger partial charge in [-0.1, -0.05) is 12.8 Å². The summed E-state index contributed by atoms with van der Waals surface area (Å²) in [6.45, 7) is 4.93. The zero-order valence-corrected chi connectivity index (χ0v) is 11.2. The Balaban J connectivity index is 2.45.